The smallest absolute Gasteiger partial charge is 0.141 e. The molecular weight excluding hydrogens is 207 g/mol. The number of hydrogen-bond acceptors (Lipinski definition) is 3. The van der Waals surface area contributed by atoms with Crippen molar-refractivity contribution in [2.75, 3.05) is 6.61 Å². The van der Waals surface area contributed by atoms with Gasteiger partial charge >= 0.3 is 0 Å². The van der Waals surface area contributed by atoms with Crippen LogP contribution in [0.15, 0.2) is 18.5 Å². The molecule has 4 heteroatoms. The van der Waals surface area contributed by atoms with Crippen molar-refractivity contribution < 1.29 is 9.50 Å². The van der Waals surface area contributed by atoms with Crippen LogP contribution >= 0.6 is 0 Å². The average Bonchev–Trinajstić information content (AvgIpc) is 2.28. The molecule has 1 heterocycles. The third kappa shape index (κ3) is 2.57. The maximum Gasteiger partial charge on any atom is 0.141 e. The second kappa shape index (κ2) is 5.37. The molecule has 3 nitrogen and oxygen atoms in total. The van der Waals surface area contributed by atoms with Crippen LogP contribution in [0.5, 0.6) is 0 Å². The number of rotatable bonds is 5. The molecule has 0 spiro atoms. The van der Waals surface area contributed by atoms with Crippen molar-refractivity contribution in [1.82, 2.24) is 4.98 Å². The van der Waals surface area contributed by atoms with Crippen LogP contribution in [0.4, 0.5) is 4.39 Å². The first kappa shape index (κ1) is 13.1. The van der Waals surface area contributed by atoms with Gasteiger partial charge in [0.2, 0.25) is 0 Å². The molecule has 1 rings (SSSR count). The van der Waals surface area contributed by atoms with Crippen LogP contribution in [0.3, 0.4) is 0 Å². The summed E-state index contributed by atoms with van der Waals surface area (Å²) in [7, 11) is 0. The molecule has 1 aromatic rings. The molecule has 0 saturated heterocycles. The summed E-state index contributed by atoms with van der Waals surface area (Å²) in [6.45, 7) is 3.95. The number of nitrogens with two attached hydrogens (primary N) is 1. The Kier molecular flexibility index (Phi) is 4.38. The van der Waals surface area contributed by atoms with Crippen LogP contribution in [0.25, 0.3) is 0 Å². The van der Waals surface area contributed by atoms with Crippen molar-refractivity contribution in [2.45, 2.75) is 38.1 Å². The van der Waals surface area contributed by atoms with Gasteiger partial charge in [-0.25, -0.2) is 4.39 Å². The summed E-state index contributed by atoms with van der Waals surface area (Å²) in [5.74, 6) is -0.370. The normalized spacial score (nSPS) is 16.8. The van der Waals surface area contributed by atoms with Crippen LogP contribution in [0.2, 0.25) is 0 Å². The SMILES string of the molecule is CCC(N)C(C)(CCO)c1cncc(F)c1. The van der Waals surface area contributed by atoms with E-state index in [1.165, 1.54) is 12.3 Å². The first-order valence-electron chi connectivity index (χ1n) is 5.52. The Bertz CT molecular complexity index is 346. The van der Waals surface area contributed by atoms with Gasteiger partial charge in [-0.2, -0.15) is 0 Å². The maximum atomic E-state index is 13.1. The molecule has 0 aliphatic rings. The maximum absolute atomic E-state index is 13.1. The minimum atomic E-state index is -0.432. The number of aliphatic hydroxyl groups is 1. The lowest BCUT2D eigenvalue weighted by Gasteiger charge is -2.35. The van der Waals surface area contributed by atoms with Gasteiger partial charge in [0, 0.05) is 24.3 Å². The molecule has 0 saturated carbocycles. The van der Waals surface area contributed by atoms with E-state index in [4.69, 9.17) is 10.8 Å². The number of aliphatic hydroxyl groups excluding tert-OH is 1. The van der Waals surface area contributed by atoms with E-state index in [1.807, 2.05) is 13.8 Å². The number of pyridine rings is 1. The predicted octanol–water partition coefficient (Wildman–Crippen LogP) is 1.60. The Balaban J connectivity index is 3.10. The standard InChI is InChI=1S/C12H19FN2O/c1-3-11(14)12(2,4-5-16)9-6-10(13)8-15-7-9/h6-8,11,16H,3-5,14H2,1-2H3. The highest BCUT2D eigenvalue weighted by molar-refractivity contribution is 5.24. The number of aromatic nitrogens is 1. The predicted molar refractivity (Wildman–Crippen MR) is 61.5 cm³/mol. The summed E-state index contributed by atoms with van der Waals surface area (Å²) in [4.78, 5) is 3.84. The highest BCUT2D eigenvalue weighted by Crippen LogP contribution is 2.31. The monoisotopic (exact) mass is 226 g/mol. The van der Waals surface area contributed by atoms with Crippen molar-refractivity contribution in [3.05, 3.63) is 29.8 Å². The summed E-state index contributed by atoms with van der Waals surface area (Å²) >= 11 is 0. The first-order valence-corrected chi connectivity index (χ1v) is 5.52. The van der Waals surface area contributed by atoms with E-state index in [1.54, 1.807) is 6.20 Å². The average molecular weight is 226 g/mol. The molecule has 1 aromatic heterocycles. The minimum absolute atomic E-state index is 0.0285. The first-order chi connectivity index (χ1) is 7.54. The third-order valence-corrected chi connectivity index (χ3v) is 3.25. The molecular formula is C12H19FN2O. The van der Waals surface area contributed by atoms with E-state index in [-0.39, 0.29) is 18.5 Å². The Morgan fingerprint density at radius 1 is 1.56 bits per heavy atom. The van der Waals surface area contributed by atoms with Crippen LogP contribution < -0.4 is 5.73 Å². The van der Waals surface area contributed by atoms with E-state index >= 15 is 0 Å². The molecule has 0 fully saturated rings. The van der Waals surface area contributed by atoms with E-state index in [2.05, 4.69) is 4.98 Å². The van der Waals surface area contributed by atoms with Crippen molar-refractivity contribution in [3.8, 4) is 0 Å². The fraction of sp³-hybridized carbons (Fsp3) is 0.583. The molecule has 0 amide bonds. The van der Waals surface area contributed by atoms with Gasteiger partial charge in [0.1, 0.15) is 5.82 Å². The van der Waals surface area contributed by atoms with Gasteiger partial charge < -0.3 is 10.8 Å². The van der Waals surface area contributed by atoms with E-state index in [0.717, 1.165) is 12.0 Å². The van der Waals surface area contributed by atoms with Crippen molar-refractivity contribution in [1.29, 1.82) is 0 Å². The zero-order valence-corrected chi connectivity index (χ0v) is 9.78. The second-order valence-corrected chi connectivity index (χ2v) is 4.30. The Morgan fingerprint density at radius 3 is 2.75 bits per heavy atom. The van der Waals surface area contributed by atoms with Gasteiger partial charge in [0.05, 0.1) is 6.20 Å². The largest absolute Gasteiger partial charge is 0.396 e. The molecule has 3 N–H and O–H groups in total. The summed E-state index contributed by atoms with van der Waals surface area (Å²) in [6.07, 6.45) is 4.06. The fourth-order valence-corrected chi connectivity index (χ4v) is 1.95. The molecule has 0 aliphatic heterocycles. The van der Waals surface area contributed by atoms with Crippen LogP contribution in [0.1, 0.15) is 32.3 Å². The quantitative estimate of drug-likeness (QED) is 0.801. The zero-order valence-electron chi connectivity index (χ0n) is 9.78. The van der Waals surface area contributed by atoms with Gasteiger partial charge in [-0.15, -0.1) is 0 Å². The van der Waals surface area contributed by atoms with Crippen molar-refractivity contribution in [2.24, 2.45) is 5.73 Å². The molecule has 2 unspecified atom stereocenters. The highest BCUT2D eigenvalue weighted by atomic mass is 19.1. The molecule has 90 valence electrons. The molecule has 0 bridgehead atoms. The summed E-state index contributed by atoms with van der Waals surface area (Å²) in [5.41, 5.74) is 6.37. The van der Waals surface area contributed by atoms with Gasteiger partial charge in [-0.3, -0.25) is 4.98 Å². The van der Waals surface area contributed by atoms with E-state index in [9.17, 15) is 4.39 Å². The number of hydrogen-bond donors (Lipinski definition) is 2. The second-order valence-electron chi connectivity index (χ2n) is 4.30. The van der Waals surface area contributed by atoms with Gasteiger partial charge in [-0.1, -0.05) is 13.8 Å². The Hall–Kier alpha value is -1.00. The van der Waals surface area contributed by atoms with Crippen molar-refractivity contribution >= 4 is 0 Å². The topological polar surface area (TPSA) is 59.1 Å². The molecule has 0 aromatic carbocycles. The molecule has 0 radical (unpaired) electrons. The molecule has 16 heavy (non-hydrogen) atoms. The summed E-state index contributed by atoms with van der Waals surface area (Å²) < 4.78 is 13.1. The Morgan fingerprint density at radius 2 is 2.25 bits per heavy atom. The lowest BCUT2D eigenvalue weighted by molar-refractivity contribution is 0.222. The zero-order chi connectivity index (χ0) is 12.2. The van der Waals surface area contributed by atoms with Crippen molar-refractivity contribution in [3.63, 3.8) is 0 Å². The lowest BCUT2D eigenvalue weighted by atomic mass is 9.73. The van der Waals surface area contributed by atoms with Crippen LogP contribution in [-0.2, 0) is 5.41 Å². The van der Waals surface area contributed by atoms with Gasteiger partial charge in [0.25, 0.3) is 0 Å². The van der Waals surface area contributed by atoms with E-state index in [0.29, 0.717) is 6.42 Å². The number of nitrogens with zero attached hydrogens (tertiary/aromatic N) is 1. The summed E-state index contributed by atoms with van der Waals surface area (Å²) in [6, 6.07) is 1.32. The van der Waals surface area contributed by atoms with Gasteiger partial charge in [0.15, 0.2) is 0 Å². The highest BCUT2D eigenvalue weighted by Gasteiger charge is 2.32. The molecule has 2 atom stereocenters. The minimum Gasteiger partial charge on any atom is -0.396 e. The molecule has 0 aliphatic carbocycles. The summed E-state index contributed by atoms with van der Waals surface area (Å²) in [5, 5.41) is 9.11. The van der Waals surface area contributed by atoms with E-state index < -0.39 is 5.41 Å². The van der Waals surface area contributed by atoms with Gasteiger partial charge in [-0.05, 0) is 24.5 Å². The fourth-order valence-electron chi connectivity index (χ4n) is 1.95. The lowest BCUT2D eigenvalue weighted by Crippen LogP contribution is -2.43. The third-order valence-electron chi connectivity index (χ3n) is 3.25. The Labute approximate surface area is 95.5 Å². The van der Waals surface area contributed by atoms with Crippen LogP contribution in [-0.4, -0.2) is 22.7 Å². The number of halogens is 1. The van der Waals surface area contributed by atoms with Crippen LogP contribution in [0, 0.1) is 5.82 Å².